The molecule has 1 aliphatic rings. The van der Waals surface area contributed by atoms with Crippen LogP contribution in [0.5, 0.6) is 0 Å². The van der Waals surface area contributed by atoms with Crippen molar-refractivity contribution in [2.75, 3.05) is 6.61 Å². The van der Waals surface area contributed by atoms with E-state index in [2.05, 4.69) is 19.2 Å². The van der Waals surface area contributed by atoms with E-state index in [0.717, 1.165) is 11.8 Å². The van der Waals surface area contributed by atoms with Gasteiger partial charge >= 0.3 is 0 Å². The lowest BCUT2D eigenvalue weighted by molar-refractivity contribution is -0.123. The number of hydrogen-bond acceptors (Lipinski definition) is 4. The summed E-state index contributed by atoms with van der Waals surface area (Å²) in [6.45, 7) is 5.93. The van der Waals surface area contributed by atoms with Crippen molar-refractivity contribution in [2.24, 2.45) is 0 Å². The number of thiol groups is 1. The van der Waals surface area contributed by atoms with E-state index >= 15 is 0 Å². The van der Waals surface area contributed by atoms with Gasteiger partial charge in [-0.3, -0.25) is 9.59 Å². The first-order valence-electron chi connectivity index (χ1n) is 6.40. The summed E-state index contributed by atoms with van der Waals surface area (Å²) in [5, 5.41) is 0. The number of aldehydes is 1. The van der Waals surface area contributed by atoms with Gasteiger partial charge in [0, 0.05) is 29.1 Å². The number of ketones is 1. The predicted octanol–water partition coefficient (Wildman–Crippen LogP) is 2.86. The molecule has 0 radical (unpaired) electrons. The van der Waals surface area contributed by atoms with Crippen LogP contribution in [-0.2, 0) is 14.3 Å². The summed E-state index contributed by atoms with van der Waals surface area (Å²) in [6.07, 6.45) is 0.275. The molecule has 104 valence electrons. The number of hydrogen-bond donors (Lipinski definition) is 1. The molecule has 0 fully saturated rings. The van der Waals surface area contributed by atoms with Crippen molar-refractivity contribution in [2.45, 2.75) is 24.3 Å². The molecule has 0 N–H and O–H groups in total. The first-order valence-corrected chi connectivity index (χ1v) is 6.85. The Balaban J connectivity index is 2.64. The van der Waals surface area contributed by atoms with E-state index in [0.29, 0.717) is 28.2 Å². The molecule has 0 spiro atoms. The minimum Gasteiger partial charge on any atom is -0.366 e. The fourth-order valence-corrected chi connectivity index (χ4v) is 2.62. The quantitative estimate of drug-likeness (QED) is 0.526. The molecule has 1 aromatic rings. The smallest absolute Gasteiger partial charge is 0.191 e. The highest BCUT2D eigenvalue weighted by Crippen LogP contribution is 2.36. The van der Waals surface area contributed by atoms with Gasteiger partial charge in [-0.1, -0.05) is 24.8 Å². The third-order valence-corrected chi connectivity index (χ3v) is 3.66. The molecule has 20 heavy (non-hydrogen) atoms. The second-order valence-electron chi connectivity index (χ2n) is 4.55. The van der Waals surface area contributed by atoms with Crippen LogP contribution in [-0.4, -0.2) is 24.8 Å². The molecule has 0 saturated heterocycles. The SMILES string of the molecule is C=C1CC(C=O)=C(c2ccccc2S)C(OCC)C1=O. The molecular formula is C16H16O3S. The molecule has 0 heterocycles. The Bertz CT molecular complexity index is 601. The van der Waals surface area contributed by atoms with Crippen LogP contribution in [0.25, 0.3) is 5.57 Å². The maximum Gasteiger partial charge on any atom is 0.191 e. The zero-order chi connectivity index (χ0) is 14.7. The van der Waals surface area contributed by atoms with Crippen LogP contribution >= 0.6 is 12.6 Å². The van der Waals surface area contributed by atoms with Crippen molar-refractivity contribution in [3.63, 3.8) is 0 Å². The van der Waals surface area contributed by atoms with Crippen molar-refractivity contribution in [3.05, 3.63) is 47.6 Å². The highest BCUT2D eigenvalue weighted by molar-refractivity contribution is 7.80. The summed E-state index contributed by atoms with van der Waals surface area (Å²) >= 11 is 4.41. The summed E-state index contributed by atoms with van der Waals surface area (Å²) in [6, 6.07) is 7.37. The van der Waals surface area contributed by atoms with Crippen LogP contribution < -0.4 is 0 Å². The van der Waals surface area contributed by atoms with Gasteiger partial charge in [-0.15, -0.1) is 12.6 Å². The van der Waals surface area contributed by atoms with Crippen molar-refractivity contribution >= 4 is 30.3 Å². The zero-order valence-corrected chi connectivity index (χ0v) is 12.2. The first-order chi connectivity index (χ1) is 9.60. The van der Waals surface area contributed by atoms with Gasteiger partial charge in [0.1, 0.15) is 12.4 Å². The third kappa shape index (κ3) is 2.62. The van der Waals surface area contributed by atoms with Crippen LogP contribution in [0.3, 0.4) is 0 Å². The minimum atomic E-state index is -0.769. The molecule has 1 aliphatic carbocycles. The van der Waals surface area contributed by atoms with Crippen LogP contribution in [0.1, 0.15) is 18.9 Å². The van der Waals surface area contributed by atoms with Gasteiger partial charge < -0.3 is 4.74 Å². The van der Waals surface area contributed by atoms with Crippen LogP contribution in [0.2, 0.25) is 0 Å². The third-order valence-electron chi connectivity index (χ3n) is 3.27. The average molecular weight is 288 g/mol. The predicted molar refractivity (Wildman–Crippen MR) is 80.9 cm³/mol. The zero-order valence-electron chi connectivity index (χ0n) is 11.3. The molecule has 0 aromatic heterocycles. The monoisotopic (exact) mass is 288 g/mol. The Morgan fingerprint density at radius 3 is 2.75 bits per heavy atom. The maximum atomic E-state index is 12.3. The van der Waals surface area contributed by atoms with E-state index in [1.807, 2.05) is 31.2 Å². The summed E-state index contributed by atoms with van der Waals surface area (Å²) in [7, 11) is 0. The molecule has 0 saturated carbocycles. The first kappa shape index (κ1) is 14.8. The van der Waals surface area contributed by atoms with Gasteiger partial charge in [-0.05, 0) is 24.1 Å². The largest absolute Gasteiger partial charge is 0.366 e. The summed E-state index contributed by atoms with van der Waals surface area (Å²) in [5.74, 6) is -0.163. The molecule has 3 nitrogen and oxygen atoms in total. The van der Waals surface area contributed by atoms with Crippen molar-refractivity contribution in [1.29, 1.82) is 0 Å². The highest BCUT2D eigenvalue weighted by Gasteiger charge is 2.34. The standard InChI is InChI=1S/C16H16O3S/c1-3-19-16-14(12-6-4-5-7-13(12)20)11(9-17)8-10(2)15(16)18/h4-7,9,16,20H,2-3,8H2,1H3. The molecule has 1 unspecified atom stereocenters. The average Bonchev–Trinajstić information content (AvgIpc) is 2.45. The number of benzene rings is 1. The van der Waals surface area contributed by atoms with Crippen LogP contribution in [0.4, 0.5) is 0 Å². The molecule has 2 rings (SSSR count). The number of rotatable bonds is 4. The molecule has 4 heteroatoms. The fourth-order valence-electron chi connectivity index (χ4n) is 2.34. The normalized spacial score (nSPS) is 19.4. The molecular weight excluding hydrogens is 272 g/mol. The lowest BCUT2D eigenvalue weighted by Gasteiger charge is -2.27. The Hall–Kier alpha value is -1.65. The van der Waals surface area contributed by atoms with E-state index in [4.69, 9.17) is 4.74 Å². The summed E-state index contributed by atoms with van der Waals surface area (Å²) in [5.41, 5.74) is 2.32. The number of ether oxygens (including phenoxy) is 1. The molecule has 1 aromatic carbocycles. The van der Waals surface area contributed by atoms with Crippen molar-refractivity contribution < 1.29 is 14.3 Å². The van der Waals surface area contributed by atoms with Gasteiger partial charge in [0.2, 0.25) is 0 Å². The van der Waals surface area contributed by atoms with Gasteiger partial charge in [0.05, 0.1) is 0 Å². The molecule has 0 aliphatic heterocycles. The topological polar surface area (TPSA) is 43.4 Å². The van der Waals surface area contributed by atoms with Crippen LogP contribution in [0, 0.1) is 0 Å². The Labute approximate surface area is 123 Å². The second-order valence-corrected chi connectivity index (χ2v) is 5.04. The fraction of sp³-hybridized carbons (Fsp3) is 0.250. The second kappa shape index (κ2) is 6.20. The Morgan fingerprint density at radius 1 is 1.45 bits per heavy atom. The van der Waals surface area contributed by atoms with E-state index < -0.39 is 6.10 Å². The summed E-state index contributed by atoms with van der Waals surface area (Å²) in [4.78, 5) is 24.4. The maximum absolute atomic E-state index is 12.3. The minimum absolute atomic E-state index is 0.163. The van der Waals surface area contributed by atoms with Gasteiger partial charge in [-0.2, -0.15) is 0 Å². The number of allylic oxidation sites excluding steroid dienone is 1. The number of carbonyl (C=O) groups excluding carboxylic acids is 2. The van der Waals surface area contributed by atoms with E-state index in [1.165, 1.54) is 0 Å². The van der Waals surface area contributed by atoms with E-state index in [9.17, 15) is 9.59 Å². The van der Waals surface area contributed by atoms with Crippen molar-refractivity contribution in [3.8, 4) is 0 Å². The van der Waals surface area contributed by atoms with E-state index in [1.54, 1.807) is 0 Å². The lowest BCUT2D eigenvalue weighted by Crippen LogP contribution is -2.32. The molecule has 0 amide bonds. The van der Waals surface area contributed by atoms with Gasteiger partial charge in [0.15, 0.2) is 5.78 Å². The lowest BCUT2D eigenvalue weighted by atomic mass is 9.82. The summed E-state index contributed by atoms with van der Waals surface area (Å²) < 4.78 is 5.56. The van der Waals surface area contributed by atoms with Gasteiger partial charge in [0.25, 0.3) is 0 Å². The van der Waals surface area contributed by atoms with Crippen molar-refractivity contribution in [1.82, 2.24) is 0 Å². The number of Topliss-reactive ketones (excluding diaryl/α,β-unsaturated/α-hetero) is 1. The Kier molecular flexibility index (Phi) is 4.57. The highest BCUT2D eigenvalue weighted by atomic mass is 32.1. The molecule has 1 atom stereocenters. The van der Waals surface area contributed by atoms with Gasteiger partial charge in [-0.25, -0.2) is 0 Å². The Morgan fingerprint density at radius 2 is 2.15 bits per heavy atom. The number of carbonyl (C=O) groups is 2. The van der Waals surface area contributed by atoms with E-state index in [-0.39, 0.29) is 12.2 Å². The van der Waals surface area contributed by atoms with Crippen LogP contribution in [0.15, 0.2) is 46.9 Å². The molecule has 0 bridgehead atoms.